The van der Waals surface area contributed by atoms with Crippen molar-refractivity contribution in [3.63, 3.8) is 0 Å². The molecule has 1 aliphatic rings. The topological polar surface area (TPSA) is 45.2 Å². The molecule has 1 atom stereocenters. The van der Waals surface area contributed by atoms with Crippen LogP contribution in [0.4, 0.5) is 15.9 Å². The normalized spacial score (nSPS) is 16.0. The largest absolute Gasteiger partial charge is 0.359 e. The number of carbonyl (C=O) groups excluding carboxylic acids is 1. The van der Waals surface area contributed by atoms with Crippen molar-refractivity contribution in [2.24, 2.45) is 0 Å². The van der Waals surface area contributed by atoms with Crippen molar-refractivity contribution in [3.05, 3.63) is 88.8 Å². The van der Waals surface area contributed by atoms with Gasteiger partial charge in [0.1, 0.15) is 17.8 Å². The molecule has 124 valence electrons. The minimum atomic E-state index is -0.561. The molecule has 3 aromatic rings. The molecule has 1 N–H and O–H groups in total. The van der Waals surface area contributed by atoms with E-state index in [0.717, 1.165) is 5.56 Å². The van der Waals surface area contributed by atoms with Gasteiger partial charge in [-0.1, -0.05) is 41.9 Å². The number of halogens is 2. The van der Waals surface area contributed by atoms with Gasteiger partial charge >= 0.3 is 0 Å². The minimum absolute atomic E-state index is 0.195. The molecule has 0 aliphatic carbocycles. The van der Waals surface area contributed by atoms with Crippen LogP contribution in [0.1, 0.15) is 22.1 Å². The van der Waals surface area contributed by atoms with Crippen LogP contribution < -0.4 is 10.2 Å². The molecular formula is C19H13ClFN3O. The molecule has 1 aromatic heterocycles. The van der Waals surface area contributed by atoms with Crippen LogP contribution in [0.3, 0.4) is 0 Å². The van der Waals surface area contributed by atoms with Gasteiger partial charge in [0, 0.05) is 17.3 Å². The summed E-state index contributed by atoms with van der Waals surface area (Å²) >= 11 is 5.90. The predicted molar refractivity (Wildman–Crippen MR) is 95.3 cm³/mol. The fourth-order valence-electron chi connectivity index (χ4n) is 2.93. The highest BCUT2D eigenvalue weighted by Gasteiger charge is 2.38. The zero-order chi connectivity index (χ0) is 17.4. The van der Waals surface area contributed by atoms with Crippen LogP contribution in [-0.2, 0) is 0 Å². The van der Waals surface area contributed by atoms with Crippen LogP contribution in [0.15, 0.2) is 66.9 Å². The van der Waals surface area contributed by atoms with Gasteiger partial charge in [-0.25, -0.2) is 9.37 Å². The summed E-state index contributed by atoms with van der Waals surface area (Å²) in [7, 11) is 0. The molecule has 1 unspecified atom stereocenters. The zero-order valence-electron chi connectivity index (χ0n) is 13.0. The molecule has 2 aromatic carbocycles. The molecule has 1 amide bonds. The van der Waals surface area contributed by atoms with Crippen LogP contribution in [-0.4, -0.2) is 10.9 Å². The number of hydrogen-bond donors (Lipinski definition) is 1. The van der Waals surface area contributed by atoms with E-state index >= 15 is 0 Å². The highest BCUT2D eigenvalue weighted by molar-refractivity contribution is 6.30. The van der Waals surface area contributed by atoms with E-state index in [1.54, 1.807) is 42.5 Å². The lowest BCUT2D eigenvalue weighted by molar-refractivity contribution is 0.0992. The van der Waals surface area contributed by atoms with Crippen molar-refractivity contribution in [1.29, 1.82) is 0 Å². The van der Waals surface area contributed by atoms with Gasteiger partial charge in [0.25, 0.3) is 5.91 Å². The summed E-state index contributed by atoms with van der Waals surface area (Å²) < 4.78 is 14.1. The van der Waals surface area contributed by atoms with Crippen LogP contribution >= 0.6 is 11.6 Å². The smallest absolute Gasteiger partial charge is 0.261 e. The lowest BCUT2D eigenvalue weighted by atomic mass is 10.1. The number of benzene rings is 2. The second kappa shape index (κ2) is 6.18. The number of nitrogens with zero attached hydrogens (tertiary/aromatic N) is 2. The van der Waals surface area contributed by atoms with Gasteiger partial charge in [-0.15, -0.1) is 0 Å². The third-order valence-electron chi connectivity index (χ3n) is 4.09. The Morgan fingerprint density at radius 1 is 1.04 bits per heavy atom. The van der Waals surface area contributed by atoms with Crippen LogP contribution in [0.5, 0.6) is 0 Å². The monoisotopic (exact) mass is 353 g/mol. The number of rotatable bonds is 3. The van der Waals surface area contributed by atoms with Gasteiger partial charge in [0.2, 0.25) is 0 Å². The molecule has 0 spiro atoms. The van der Waals surface area contributed by atoms with Crippen molar-refractivity contribution in [3.8, 4) is 0 Å². The standard InChI is InChI=1S/C19H13ClFN3O/c20-12-9-10-17(22-11-12)24-18(23-16-8-4-3-7-15(16)21)13-5-1-2-6-14(13)19(24)25/h1-11,18,23H. The molecule has 0 bridgehead atoms. The van der Waals surface area contributed by atoms with E-state index in [9.17, 15) is 9.18 Å². The Bertz CT molecular complexity index is 945. The Balaban J connectivity index is 1.80. The number of para-hydroxylation sites is 1. The molecule has 4 rings (SSSR count). The number of carbonyl (C=O) groups is 1. The molecule has 25 heavy (non-hydrogen) atoms. The lowest BCUT2D eigenvalue weighted by Gasteiger charge is -2.26. The Morgan fingerprint density at radius 3 is 2.56 bits per heavy atom. The maximum Gasteiger partial charge on any atom is 0.261 e. The second-order valence-electron chi connectivity index (χ2n) is 5.62. The van der Waals surface area contributed by atoms with Crippen LogP contribution in [0.2, 0.25) is 5.02 Å². The molecule has 0 fully saturated rings. The summed E-state index contributed by atoms with van der Waals surface area (Å²) in [5.41, 5.74) is 1.65. The van der Waals surface area contributed by atoms with Crippen molar-refractivity contribution < 1.29 is 9.18 Å². The molecule has 0 saturated carbocycles. The summed E-state index contributed by atoms with van der Waals surface area (Å²) in [5.74, 6) is -0.137. The first-order valence-corrected chi connectivity index (χ1v) is 8.08. The Morgan fingerprint density at radius 2 is 1.80 bits per heavy atom. The summed E-state index contributed by atoms with van der Waals surface area (Å²) in [6, 6.07) is 16.9. The second-order valence-corrected chi connectivity index (χ2v) is 6.06. The SMILES string of the molecule is O=C1c2ccccc2C(Nc2ccccc2F)N1c1ccc(Cl)cn1. The van der Waals surface area contributed by atoms with Crippen LogP contribution in [0, 0.1) is 5.82 Å². The van der Waals surface area contributed by atoms with Gasteiger partial charge in [0.15, 0.2) is 0 Å². The van der Waals surface area contributed by atoms with Gasteiger partial charge in [0.05, 0.1) is 10.7 Å². The third kappa shape index (κ3) is 2.72. The van der Waals surface area contributed by atoms with E-state index in [4.69, 9.17) is 11.6 Å². The van der Waals surface area contributed by atoms with E-state index in [0.29, 0.717) is 22.1 Å². The Labute approximate surface area is 148 Å². The molecule has 4 nitrogen and oxygen atoms in total. The maximum absolute atomic E-state index is 14.1. The summed E-state index contributed by atoms with van der Waals surface area (Å²) in [6.07, 6.45) is 0.919. The number of aromatic nitrogens is 1. The van der Waals surface area contributed by atoms with E-state index in [-0.39, 0.29) is 11.7 Å². The predicted octanol–water partition coefficient (Wildman–Crippen LogP) is 4.65. The highest BCUT2D eigenvalue weighted by atomic mass is 35.5. The first kappa shape index (κ1) is 15.6. The summed E-state index contributed by atoms with van der Waals surface area (Å²) in [6.45, 7) is 0. The molecule has 6 heteroatoms. The van der Waals surface area contributed by atoms with E-state index < -0.39 is 6.17 Å². The average molecular weight is 354 g/mol. The lowest BCUT2D eigenvalue weighted by Crippen LogP contribution is -2.33. The third-order valence-corrected chi connectivity index (χ3v) is 4.31. The number of amides is 1. The van der Waals surface area contributed by atoms with Gasteiger partial charge in [-0.05, 0) is 30.3 Å². The van der Waals surface area contributed by atoms with Gasteiger partial charge < -0.3 is 5.32 Å². The average Bonchev–Trinajstić information content (AvgIpc) is 2.90. The van der Waals surface area contributed by atoms with E-state index in [1.165, 1.54) is 17.2 Å². The molecule has 0 radical (unpaired) electrons. The molecule has 2 heterocycles. The molecule has 0 saturated heterocycles. The van der Waals surface area contributed by atoms with Crippen LogP contribution in [0.25, 0.3) is 0 Å². The van der Waals surface area contributed by atoms with E-state index in [1.807, 2.05) is 12.1 Å². The fraction of sp³-hybridized carbons (Fsp3) is 0.0526. The molecule has 1 aliphatic heterocycles. The van der Waals surface area contributed by atoms with Crippen molar-refractivity contribution in [2.75, 3.05) is 10.2 Å². The maximum atomic E-state index is 14.1. The zero-order valence-corrected chi connectivity index (χ0v) is 13.7. The van der Waals surface area contributed by atoms with Gasteiger partial charge in [-0.3, -0.25) is 9.69 Å². The Hall–Kier alpha value is -2.92. The number of anilines is 2. The first-order valence-electron chi connectivity index (χ1n) is 7.70. The number of hydrogen-bond acceptors (Lipinski definition) is 3. The van der Waals surface area contributed by atoms with Crippen molar-refractivity contribution in [1.82, 2.24) is 4.98 Å². The quantitative estimate of drug-likeness (QED) is 0.745. The summed E-state index contributed by atoms with van der Waals surface area (Å²) in [4.78, 5) is 18.6. The number of nitrogens with one attached hydrogen (secondary N) is 1. The van der Waals surface area contributed by atoms with E-state index in [2.05, 4.69) is 10.3 Å². The summed E-state index contributed by atoms with van der Waals surface area (Å²) in [5, 5.41) is 3.59. The van der Waals surface area contributed by atoms with Crippen molar-refractivity contribution in [2.45, 2.75) is 6.17 Å². The Kier molecular flexibility index (Phi) is 3.86. The fourth-order valence-corrected chi connectivity index (χ4v) is 3.04. The minimum Gasteiger partial charge on any atom is -0.359 e. The first-order chi connectivity index (χ1) is 12.1. The number of pyridine rings is 1. The molecular weight excluding hydrogens is 341 g/mol. The van der Waals surface area contributed by atoms with Gasteiger partial charge in [-0.2, -0.15) is 0 Å². The van der Waals surface area contributed by atoms with Crippen molar-refractivity contribution >= 4 is 29.0 Å². The highest BCUT2D eigenvalue weighted by Crippen LogP contribution is 2.37. The number of fused-ring (bicyclic) bond motifs is 1.